The minimum atomic E-state index is -0.983. The average molecular weight is 1100 g/mol. The van der Waals surface area contributed by atoms with Gasteiger partial charge >= 0.3 is 0 Å². The number of amides is 3. The molecule has 1 aliphatic heterocycles. The van der Waals surface area contributed by atoms with Gasteiger partial charge in [0.05, 0.1) is 113 Å². The Kier molecular flexibility index (Phi) is 23.5. The van der Waals surface area contributed by atoms with Gasteiger partial charge < -0.3 is 64.4 Å². The smallest absolute Gasteiger partial charge is 0.246 e. The lowest BCUT2D eigenvalue weighted by Gasteiger charge is -2.35. The van der Waals surface area contributed by atoms with Gasteiger partial charge in [-0.1, -0.05) is 56.6 Å². The van der Waals surface area contributed by atoms with Gasteiger partial charge in [0.1, 0.15) is 36.1 Å². The third kappa shape index (κ3) is 18.9. The lowest BCUT2D eigenvalue weighted by atomic mass is 9.85. The lowest BCUT2D eigenvalue weighted by Crippen LogP contribution is -2.58. The average Bonchev–Trinajstić information content (AvgIpc) is 4.14. The van der Waals surface area contributed by atoms with Crippen molar-refractivity contribution in [3.63, 3.8) is 0 Å². The van der Waals surface area contributed by atoms with Gasteiger partial charge in [-0.3, -0.25) is 19.1 Å². The number of carbonyl (C=O) groups excluding carboxylic acids is 3. The van der Waals surface area contributed by atoms with Gasteiger partial charge in [0, 0.05) is 50.9 Å². The third-order valence-corrected chi connectivity index (χ3v) is 12.8. The number of halogens is 3. The van der Waals surface area contributed by atoms with E-state index in [4.69, 9.17) is 44.8 Å². The van der Waals surface area contributed by atoms with E-state index >= 15 is 4.39 Å². The van der Waals surface area contributed by atoms with Gasteiger partial charge in [-0.25, -0.2) is 18.7 Å². The number of aliphatic hydroxyl groups is 1. The van der Waals surface area contributed by atoms with Crippen LogP contribution in [0.5, 0.6) is 5.75 Å². The van der Waals surface area contributed by atoms with Crippen LogP contribution in [-0.4, -0.2) is 163 Å². The second kappa shape index (κ2) is 30.1. The van der Waals surface area contributed by atoms with Crippen molar-refractivity contribution in [3.8, 4) is 16.2 Å². The fourth-order valence-corrected chi connectivity index (χ4v) is 8.62. The van der Waals surface area contributed by atoms with E-state index in [1.54, 1.807) is 41.0 Å². The van der Waals surface area contributed by atoms with E-state index in [1.807, 2.05) is 52.0 Å². The molecule has 414 valence electrons. The molecular formula is C51H67ClF2N10O11S. The standard InChI is InChI=1S/C51H67ClF2N10O11S/c1-33-45(76-32-58-33)35-8-6-34(7-9-35)25-56-48(67)41-24-39(65)30-64(41)49(68)46(51(2,3)4)61-43(66)31-74-19-18-72-15-14-70-11-10-69-12-13-71-16-17-73-20-21-75-42-23-37(53)22-36(44(42)54)26-55-47-40(52)28-57-50(62-47)60-38-27-59-63(5)29-38/h6-9,22-23,27-29,32,39,41,46,65H,10-21,24-26,30-31H2,1-5H3,(H,56,67)(H,61,66)(H2,55,57,60,62). The first-order valence-electron chi connectivity index (χ1n) is 24.7. The fourth-order valence-electron chi connectivity index (χ4n) is 7.66. The zero-order valence-corrected chi connectivity index (χ0v) is 44.9. The summed E-state index contributed by atoms with van der Waals surface area (Å²) in [5, 5.41) is 26.4. The summed E-state index contributed by atoms with van der Waals surface area (Å²) in [7, 11) is 1.77. The molecule has 25 heteroatoms. The van der Waals surface area contributed by atoms with Crippen LogP contribution in [0.15, 0.2) is 60.5 Å². The summed E-state index contributed by atoms with van der Waals surface area (Å²) in [6, 6.07) is 7.96. The van der Waals surface area contributed by atoms with Crippen molar-refractivity contribution in [2.45, 2.75) is 65.4 Å². The van der Waals surface area contributed by atoms with E-state index in [0.717, 1.165) is 33.8 Å². The molecule has 3 atom stereocenters. The van der Waals surface area contributed by atoms with Crippen molar-refractivity contribution in [1.29, 1.82) is 0 Å². The second-order valence-electron chi connectivity index (χ2n) is 18.6. The number of aryl methyl sites for hydroxylation is 2. The number of hydrogen-bond acceptors (Lipinski definition) is 18. The molecule has 2 aromatic carbocycles. The number of anilines is 3. The Hall–Kier alpha value is -5.96. The van der Waals surface area contributed by atoms with Crippen LogP contribution in [0.25, 0.3) is 10.4 Å². The van der Waals surface area contributed by atoms with Crippen LogP contribution >= 0.6 is 22.9 Å². The van der Waals surface area contributed by atoms with Crippen molar-refractivity contribution in [2.24, 2.45) is 12.5 Å². The molecule has 0 spiro atoms. The summed E-state index contributed by atoms with van der Waals surface area (Å²) in [4.78, 5) is 55.4. The third-order valence-electron chi connectivity index (χ3n) is 11.5. The Morgan fingerprint density at radius 2 is 1.50 bits per heavy atom. The molecule has 0 saturated carbocycles. The van der Waals surface area contributed by atoms with Crippen molar-refractivity contribution < 1.29 is 61.4 Å². The molecule has 1 aliphatic rings. The summed E-state index contributed by atoms with van der Waals surface area (Å²) in [6.45, 7) is 10.1. The highest BCUT2D eigenvalue weighted by Gasteiger charge is 2.44. The van der Waals surface area contributed by atoms with Gasteiger partial charge in [-0.05, 0) is 29.5 Å². The van der Waals surface area contributed by atoms with Crippen LogP contribution < -0.4 is 26.0 Å². The maximum Gasteiger partial charge on any atom is 0.246 e. The van der Waals surface area contributed by atoms with Crippen LogP contribution in [-0.2, 0) is 62.9 Å². The Bertz CT molecular complexity index is 2630. The first kappa shape index (κ1) is 59.3. The molecule has 0 bridgehead atoms. The molecule has 3 aromatic heterocycles. The number of benzene rings is 2. The molecule has 5 aromatic rings. The Morgan fingerprint density at radius 3 is 2.09 bits per heavy atom. The number of thiazole rings is 1. The van der Waals surface area contributed by atoms with Crippen molar-refractivity contribution in [1.82, 2.24) is 40.3 Å². The number of nitrogens with one attached hydrogen (secondary N) is 4. The summed E-state index contributed by atoms with van der Waals surface area (Å²) < 4.78 is 69.8. The SMILES string of the molecule is Cc1ncsc1-c1ccc(CNC(=O)C2CC(O)CN2C(=O)C(NC(=O)COCCOCCOCCOCCOCCOCCOc2cc(F)cc(CNc3nc(Nc4cnn(C)c4)ncc3Cl)c2F)C(C)(C)C)cc1. The molecular weight excluding hydrogens is 1030 g/mol. The first-order valence-corrected chi connectivity index (χ1v) is 26.0. The number of ether oxygens (including phenoxy) is 7. The quantitative estimate of drug-likeness (QED) is 0.0347. The highest BCUT2D eigenvalue weighted by Crippen LogP contribution is 2.30. The summed E-state index contributed by atoms with van der Waals surface area (Å²) in [5.74, 6) is -2.58. The summed E-state index contributed by atoms with van der Waals surface area (Å²) in [6.07, 6.45) is 3.91. The summed E-state index contributed by atoms with van der Waals surface area (Å²) in [5.41, 5.74) is 4.62. The summed E-state index contributed by atoms with van der Waals surface area (Å²) >= 11 is 7.80. The largest absolute Gasteiger partial charge is 0.488 e. The minimum Gasteiger partial charge on any atom is -0.488 e. The second-order valence-corrected chi connectivity index (χ2v) is 19.8. The first-order chi connectivity index (χ1) is 36.5. The van der Waals surface area contributed by atoms with Crippen LogP contribution in [0.3, 0.4) is 0 Å². The van der Waals surface area contributed by atoms with Crippen molar-refractivity contribution >= 4 is 58.1 Å². The maximum absolute atomic E-state index is 15.2. The number of β-amino-alcohol motifs (C(OH)–C–C–N with tert-alkyl or cyclic N) is 1. The molecule has 1 saturated heterocycles. The van der Waals surface area contributed by atoms with E-state index < -0.39 is 47.1 Å². The number of nitrogens with zero attached hydrogens (tertiary/aromatic N) is 6. The van der Waals surface area contributed by atoms with Gasteiger partial charge in [0.15, 0.2) is 17.4 Å². The Morgan fingerprint density at radius 1 is 0.868 bits per heavy atom. The van der Waals surface area contributed by atoms with Crippen LogP contribution in [0.2, 0.25) is 5.02 Å². The molecule has 6 rings (SSSR count). The molecule has 4 heterocycles. The highest BCUT2D eigenvalue weighted by atomic mass is 35.5. The fraction of sp³-hybridized carbons (Fsp3) is 0.510. The number of hydrogen-bond donors (Lipinski definition) is 5. The van der Waals surface area contributed by atoms with E-state index in [1.165, 1.54) is 11.1 Å². The van der Waals surface area contributed by atoms with Crippen molar-refractivity contribution in [2.75, 3.05) is 103 Å². The van der Waals surface area contributed by atoms with Gasteiger partial charge in [0.25, 0.3) is 0 Å². The topological polar surface area (TPSA) is 244 Å². The molecule has 21 nitrogen and oxygen atoms in total. The van der Waals surface area contributed by atoms with E-state index in [-0.39, 0.29) is 106 Å². The molecule has 1 fully saturated rings. The number of likely N-dealkylation sites (tertiary alicyclic amines) is 1. The Labute approximate surface area is 449 Å². The minimum absolute atomic E-state index is 0.00528. The van der Waals surface area contributed by atoms with Gasteiger partial charge in [0.2, 0.25) is 23.7 Å². The maximum atomic E-state index is 15.2. The normalized spacial score (nSPS) is 14.9. The van der Waals surface area contributed by atoms with E-state index in [2.05, 4.69) is 41.3 Å². The van der Waals surface area contributed by atoms with Gasteiger partial charge in [-0.2, -0.15) is 10.1 Å². The van der Waals surface area contributed by atoms with E-state index in [0.29, 0.717) is 45.3 Å². The predicted octanol–water partition coefficient (Wildman–Crippen LogP) is 5.22. The van der Waals surface area contributed by atoms with Crippen molar-refractivity contribution in [3.05, 3.63) is 94.0 Å². The van der Waals surface area contributed by atoms with Crippen LogP contribution in [0, 0.1) is 24.0 Å². The highest BCUT2D eigenvalue weighted by molar-refractivity contribution is 7.13. The molecule has 0 aliphatic carbocycles. The molecule has 5 N–H and O–H groups in total. The number of rotatable bonds is 32. The lowest BCUT2D eigenvalue weighted by molar-refractivity contribution is -0.144. The van der Waals surface area contributed by atoms with Crippen LogP contribution in [0.4, 0.5) is 26.2 Å². The monoisotopic (exact) mass is 1100 g/mol. The van der Waals surface area contributed by atoms with Crippen LogP contribution in [0.1, 0.15) is 44.0 Å². The zero-order valence-electron chi connectivity index (χ0n) is 43.3. The molecule has 3 amide bonds. The predicted molar refractivity (Wildman–Crippen MR) is 279 cm³/mol. The molecule has 3 unspecified atom stereocenters. The number of aromatic nitrogens is 5. The zero-order chi connectivity index (χ0) is 54.5. The molecule has 76 heavy (non-hydrogen) atoms. The van der Waals surface area contributed by atoms with Gasteiger partial charge in [-0.15, -0.1) is 11.3 Å². The van der Waals surface area contributed by atoms with E-state index in [9.17, 15) is 23.9 Å². The number of aliphatic hydroxyl groups excluding tert-OH is 1. The number of carbonyl (C=O) groups is 3. The Balaban J connectivity index is 0.745. The molecule has 0 radical (unpaired) electrons.